The Morgan fingerprint density at radius 3 is 2.59 bits per heavy atom. The number of carbonyl (C=O) groups excluding carboxylic acids is 1. The van der Waals surface area contributed by atoms with Crippen molar-refractivity contribution in [2.24, 2.45) is 13.0 Å². The van der Waals surface area contributed by atoms with Gasteiger partial charge < -0.3 is 25.3 Å². The average molecular weight is 484 g/mol. The second-order valence-corrected chi connectivity index (χ2v) is 9.84. The first-order valence-electron chi connectivity index (χ1n) is 11.7. The van der Waals surface area contributed by atoms with E-state index in [-0.39, 0.29) is 24.9 Å². The van der Waals surface area contributed by atoms with Gasteiger partial charge in [-0.3, -0.25) is 4.90 Å². The van der Waals surface area contributed by atoms with Crippen molar-refractivity contribution in [3.63, 3.8) is 0 Å². The third-order valence-electron chi connectivity index (χ3n) is 6.66. The number of fused-ring (bicyclic) bond motifs is 1. The van der Waals surface area contributed by atoms with Crippen LogP contribution >= 0.6 is 11.8 Å². The van der Waals surface area contributed by atoms with Crippen LogP contribution < -0.4 is 5.73 Å². The van der Waals surface area contributed by atoms with Gasteiger partial charge in [-0.15, -0.1) is 11.8 Å². The van der Waals surface area contributed by atoms with Crippen LogP contribution in [0.1, 0.15) is 41.4 Å². The predicted molar refractivity (Wildman–Crippen MR) is 136 cm³/mol. The monoisotopic (exact) mass is 483 g/mol. The van der Waals surface area contributed by atoms with E-state index in [1.165, 1.54) is 0 Å². The van der Waals surface area contributed by atoms with Crippen molar-refractivity contribution in [3.05, 3.63) is 53.2 Å². The van der Waals surface area contributed by atoms with Crippen molar-refractivity contribution >= 4 is 34.3 Å². The van der Waals surface area contributed by atoms with Crippen LogP contribution in [0.2, 0.25) is 0 Å². The number of nitrogen functional groups attached to an aromatic ring is 1. The molecule has 1 saturated heterocycles. The fourth-order valence-corrected chi connectivity index (χ4v) is 5.69. The summed E-state index contributed by atoms with van der Waals surface area (Å²) in [6.45, 7) is 4.38. The minimum absolute atomic E-state index is 0.0233. The van der Waals surface area contributed by atoms with E-state index in [2.05, 4.69) is 4.90 Å². The molecule has 0 radical (unpaired) electrons. The van der Waals surface area contributed by atoms with E-state index in [1.54, 1.807) is 24.8 Å². The van der Waals surface area contributed by atoms with Gasteiger partial charge in [-0.1, -0.05) is 18.2 Å². The number of hydrogen-bond acceptors (Lipinski definition) is 7. The number of phenolic OH excluding ortho intramolecular Hbond substituents is 1. The minimum atomic E-state index is -0.388. The van der Waals surface area contributed by atoms with Crippen LogP contribution in [-0.2, 0) is 24.1 Å². The lowest BCUT2D eigenvalue weighted by molar-refractivity contribution is 0.0527. The number of aromatic hydroxyl groups is 1. The summed E-state index contributed by atoms with van der Waals surface area (Å²) in [4.78, 5) is 16.6. The number of esters is 1. The fourth-order valence-electron chi connectivity index (χ4n) is 4.70. The van der Waals surface area contributed by atoms with Crippen LogP contribution in [0.4, 0.5) is 5.69 Å². The van der Waals surface area contributed by atoms with Gasteiger partial charge in [0.2, 0.25) is 0 Å². The number of hydrogen-bond donors (Lipinski definition) is 3. The van der Waals surface area contributed by atoms with Gasteiger partial charge in [0.1, 0.15) is 5.75 Å². The molecular weight excluding hydrogens is 450 g/mol. The molecule has 7 nitrogen and oxygen atoms in total. The summed E-state index contributed by atoms with van der Waals surface area (Å²) in [7, 11) is 1.93. The maximum absolute atomic E-state index is 13.2. The number of carbonyl (C=O) groups is 1. The molecule has 0 unspecified atom stereocenters. The van der Waals surface area contributed by atoms with E-state index in [0.29, 0.717) is 40.4 Å². The lowest BCUT2D eigenvalue weighted by Gasteiger charge is -2.31. The van der Waals surface area contributed by atoms with Crippen LogP contribution in [0.15, 0.2) is 41.3 Å². The van der Waals surface area contributed by atoms with Crippen molar-refractivity contribution in [3.8, 4) is 5.75 Å². The molecule has 34 heavy (non-hydrogen) atoms. The van der Waals surface area contributed by atoms with E-state index in [1.807, 2.05) is 41.9 Å². The number of piperidine rings is 1. The van der Waals surface area contributed by atoms with Crippen molar-refractivity contribution in [2.45, 2.75) is 37.0 Å². The zero-order chi connectivity index (χ0) is 24.2. The first kappa shape index (κ1) is 24.4. The number of thioether (sulfide) groups is 1. The Hall–Kier alpha value is -2.68. The Kier molecular flexibility index (Phi) is 7.70. The molecular formula is C26H33N3O4S. The Morgan fingerprint density at radius 2 is 1.94 bits per heavy atom. The highest BCUT2D eigenvalue weighted by molar-refractivity contribution is 7.98. The number of benzene rings is 2. The summed E-state index contributed by atoms with van der Waals surface area (Å²) in [6.07, 6.45) is 1.81. The van der Waals surface area contributed by atoms with Gasteiger partial charge in [-0.25, -0.2) is 4.79 Å². The van der Waals surface area contributed by atoms with E-state index in [0.717, 1.165) is 42.0 Å². The Bertz CT molecular complexity index is 1150. The van der Waals surface area contributed by atoms with Gasteiger partial charge in [0.25, 0.3) is 0 Å². The zero-order valence-electron chi connectivity index (χ0n) is 19.8. The molecule has 182 valence electrons. The zero-order valence-corrected chi connectivity index (χ0v) is 20.6. The molecule has 3 aromatic rings. The van der Waals surface area contributed by atoms with Gasteiger partial charge >= 0.3 is 5.97 Å². The topological polar surface area (TPSA) is 101 Å². The summed E-state index contributed by atoms with van der Waals surface area (Å²) in [6, 6.07) is 11.8. The Balaban J connectivity index is 1.79. The van der Waals surface area contributed by atoms with Crippen molar-refractivity contribution in [2.75, 3.05) is 32.0 Å². The highest BCUT2D eigenvalue weighted by Gasteiger charge is 2.29. The molecule has 1 aromatic heterocycles. The maximum atomic E-state index is 13.2. The van der Waals surface area contributed by atoms with E-state index >= 15 is 0 Å². The molecule has 0 saturated carbocycles. The van der Waals surface area contributed by atoms with Crippen LogP contribution in [0.25, 0.3) is 10.9 Å². The number of likely N-dealkylation sites (tertiary alicyclic amines) is 1. The number of rotatable bonds is 8. The second kappa shape index (κ2) is 10.7. The van der Waals surface area contributed by atoms with Crippen molar-refractivity contribution in [1.82, 2.24) is 9.47 Å². The molecule has 1 aliphatic rings. The van der Waals surface area contributed by atoms with Crippen LogP contribution in [-0.4, -0.2) is 52.0 Å². The summed E-state index contributed by atoms with van der Waals surface area (Å²) in [5.74, 6) is 0.529. The number of anilines is 1. The standard InChI is InChI=1S/C26H33N3O4S/c1-3-33-26(32)24-22(16-34-18-7-5-4-6-8-18)28(2)21-13-20(27)25(31)19(23(21)24)14-29-11-9-17(15-30)10-12-29/h4-8,13,17,30-31H,3,9-12,14-16,27H2,1-2H3. The normalized spacial score (nSPS) is 15.1. The number of aromatic nitrogens is 1. The predicted octanol–water partition coefficient (Wildman–Crippen LogP) is 4.14. The number of ether oxygens (including phenoxy) is 1. The SMILES string of the molecule is CCOC(=O)c1c(CSc2ccccc2)n(C)c2cc(N)c(O)c(CN3CCC(CO)CC3)c12. The molecule has 2 heterocycles. The number of aliphatic hydroxyl groups is 1. The molecule has 0 amide bonds. The van der Waals surface area contributed by atoms with Gasteiger partial charge in [-0.05, 0) is 57.0 Å². The van der Waals surface area contributed by atoms with Crippen molar-refractivity contribution < 1.29 is 19.7 Å². The number of nitrogens with zero attached hydrogens (tertiary/aromatic N) is 2. The highest BCUT2D eigenvalue weighted by Crippen LogP contribution is 2.40. The summed E-state index contributed by atoms with van der Waals surface area (Å²) < 4.78 is 7.46. The molecule has 0 spiro atoms. The lowest BCUT2D eigenvalue weighted by atomic mass is 9.96. The third kappa shape index (κ3) is 4.89. The van der Waals surface area contributed by atoms with Gasteiger partial charge in [0.15, 0.2) is 0 Å². The molecule has 0 bridgehead atoms. The molecule has 4 rings (SSSR count). The smallest absolute Gasteiger partial charge is 0.340 e. The molecule has 4 N–H and O–H groups in total. The van der Waals surface area contributed by atoms with E-state index in [4.69, 9.17) is 10.5 Å². The molecule has 1 aliphatic heterocycles. The molecule has 0 atom stereocenters. The fraction of sp³-hybridized carbons (Fsp3) is 0.423. The molecule has 2 aromatic carbocycles. The average Bonchev–Trinajstić information content (AvgIpc) is 3.13. The largest absolute Gasteiger partial charge is 0.505 e. The third-order valence-corrected chi connectivity index (χ3v) is 7.68. The second-order valence-electron chi connectivity index (χ2n) is 8.79. The first-order valence-corrected chi connectivity index (χ1v) is 12.7. The van der Waals surface area contributed by atoms with Crippen LogP contribution in [0, 0.1) is 5.92 Å². The molecule has 0 aliphatic carbocycles. The van der Waals surface area contributed by atoms with Gasteiger partial charge in [0.05, 0.1) is 23.4 Å². The minimum Gasteiger partial charge on any atom is -0.505 e. The molecule has 8 heteroatoms. The summed E-state index contributed by atoms with van der Waals surface area (Å²) in [5.41, 5.74) is 9.33. The lowest BCUT2D eigenvalue weighted by Crippen LogP contribution is -2.34. The van der Waals surface area contributed by atoms with Gasteiger partial charge in [0, 0.05) is 47.5 Å². The Labute approximate surface area is 204 Å². The number of nitrogens with two attached hydrogens (primary N) is 1. The summed E-state index contributed by atoms with van der Waals surface area (Å²) in [5, 5.41) is 21.2. The van der Waals surface area contributed by atoms with Crippen LogP contribution in [0.5, 0.6) is 5.75 Å². The quantitative estimate of drug-likeness (QED) is 0.192. The van der Waals surface area contributed by atoms with E-state index in [9.17, 15) is 15.0 Å². The Morgan fingerprint density at radius 1 is 1.24 bits per heavy atom. The van der Waals surface area contributed by atoms with Crippen molar-refractivity contribution in [1.29, 1.82) is 0 Å². The molecule has 1 fully saturated rings. The van der Waals surface area contributed by atoms with Crippen LogP contribution in [0.3, 0.4) is 0 Å². The van der Waals surface area contributed by atoms with Gasteiger partial charge in [-0.2, -0.15) is 0 Å². The van der Waals surface area contributed by atoms with E-state index < -0.39 is 0 Å². The number of phenols is 1. The number of aliphatic hydroxyl groups excluding tert-OH is 1. The number of aryl methyl sites for hydroxylation is 1. The maximum Gasteiger partial charge on any atom is 0.340 e. The highest BCUT2D eigenvalue weighted by atomic mass is 32.2. The summed E-state index contributed by atoms with van der Waals surface area (Å²) >= 11 is 1.65. The first-order chi connectivity index (χ1) is 16.4.